The molecule has 0 aromatic heterocycles. The number of hydrazone groups is 1. The monoisotopic (exact) mass is 384 g/mol. The number of nitrogens with two attached hydrogens (primary N) is 1. The molecule has 6 N–H and O–H groups in total. The first kappa shape index (κ1) is 21.5. The van der Waals surface area contributed by atoms with Gasteiger partial charge in [0.05, 0.1) is 6.04 Å². The second-order valence-corrected chi connectivity index (χ2v) is 5.86. The van der Waals surface area contributed by atoms with Crippen molar-refractivity contribution in [2.24, 2.45) is 16.9 Å². The van der Waals surface area contributed by atoms with Crippen molar-refractivity contribution in [2.45, 2.75) is 43.6 Å². The number of alkyl halides is 3. The second-order valence-electron chi connectivity index (χ2n) is 5.86. The number of aliphatic hydroxyl groups is 1. The van der Waals surface area contributed by atoms with Gasteiger partial charge in [0.25, 0.3) is 0 Å². The summed E-state index contributed by atoms with van der Waals surface area (Å²) in [6, 6.07) is -2.00. The van der Waals surface area contributed by atoms with Crippen molar-refractivity contribution >= 4 is 24.2 Å². The highest BCUT2D eigenvalue weighted by Gasteiger charge is 2.52. The van der Waals surface area contributed by atoms with E-state index in [4.69, 9.17) is 10.9 Å². The minimum atomic E-state index is -5.22. The van der Waals surface area contributed by atoms with E-state index in [1.165, 1.54) is 0 Å². The molecular weight excluding hydrogens is 365 g/mol. The fourth-order valence-electron chi connectivity index (χ4n) is 2.83. The van der Waals surface area contributed by atoms with Crippen LogP contribution in [-0.4, -0.2) is 64.9 Å². The summed E-state index contributed by atoms with van der Waals surface area (Å²) in [4.78, 5) is 33.5. The smallest absolute Gasteiger partial charge is 0.479 e. The lowest BCUT2D eigenvalue weighted by molar-refractivity contribution is -0.200. The molecule has 148 valence electrons. The van der Waals surface area contributed by atoms with Crippen LogP contribution >= 0.6 is 0 Å². The molecule has 0 aliphatic heterocycles. The maximum absolute atomic E-state index is 12.3. The fourth-order valence-corrected chi connectivity index (χ4v) is 2.83. The van der Waals surface area contributed by atoms with Gasteiger partial charge >= 0.3 is 18.1 Å². The number of carbonyl (C=O) groups is 3. The van der Waals surface area contributed by atoms with Crippen molar-refractivity contribution in [2.75, 3.05) is 6.61 Å². The van der Waals surface area contributed by atoms with E-state index in [0.29, 0.717) is 0 Å². The zero-order valence-electron chi connectivity index (χ0n) is 13.6. The minimum absolute atomic E-state index is 0.331. The Morgan fingerprint density at radius 1 is 1.42 bits per heavy atom. The number of aliphatic carboxylic acids is 1. The zero-order valence-corrected chi connectivity index (χ0v) is 13.6. The Morgan fingerprint density at radius 2 is 2.04 bits per heavy atom. The predicted octanol–water partition coefficient (Wildman–Crippen LogP) is -1.32. The number of rotatable bonds is 7. The molecule has 0 radical (unpaired) electrons. The highest BCUT2D eigenvalue weighted by atomic mass is 19.4. The Bertz CT molecular complexity index is 585. The van der Waals surface area contributed by atoms with Crippen LogP contribution in [0.4, 0.5) is 13.2 Å². The highest BCUT2D eigenvalue weighted by Crippen LogP contribution is 2.37. The molecule has 1 aliphatic rings. The Morgan fingerprint density at radius 3 is 2.50 bits per heavy atom. The molecule has 0 aromatic rings. The molecule has 10 nitrogen and oxygen atoms in total. The third-order valence-electron chi connectivity index (χ3n) is 3.94. The van der Waals surface area contributed by atoms with Gasteiger partial charge in [0.15, 0.2) is 5.60 Å². The van der Waals surface area contributed by atoms with Crippen molar-refractivity contribution in [1.29, 1.82) is 0 Å². The molecular formula is C13H19F3N4O6. The summed E-state index contributed by atoms with van der Waals surface area (Å²) >= 11 is 0. The highest BCUT2D eigenvalue weighted by molar-refractivity contribution is 5.78. The van der Waals surface area contributed by atoms with Crippen LogP contribution in [0.15, 0.2) is 5.10 Å². The molecule has 1 saturated carbocycles. The number of amides is 1. The lowest BCUT2D eigenvalue weighted by atomic mass is 9.93. The third kappa shape index (κ3) is 5.47. The van der Waals surface area contributed by atoms with Crippen molar-refractivity contribution in [3.05, 3.63) is 0 Å². The maximum Gasteiger partial charge on any atom is 0.490 e. The molecule has 1 unspecified atom stereocenters. The number of nitrogens with zero attached hydrogens (tertiary/aromatic N) is 1. The normalized spacial score (nSPS) is 27.1. The van der Waals surface area contributed by atoms with E-state index >= 15 is 0 Å². The fraction of sp³-hybridized carbons (Fsp3) is 0.692. The lowest BCUT2D eigenvalue weighted by Crippen LogP contribution is -2.49. The number of hydrogen-bond acceptors (Lipinski definition) is 7. The van der Waals surface area contributed by atoms with Crippen LogP contribution in [-0.2, 0) is 19.1 Å². The average molecular weight is 384 g/mol. The van der Waals surface area contributed by atoms with Crippen LogP contribution in [0.1, 0.15) is 19.8 Å². The van der Waals surface area contributed by atoms with Gasteiger partial charge in [-0.15, -0.1) is 0 Å². The van der Waals surface area contributed by atoms with E-state index in [0.717, 1.165) is 13.3 Å². The van der Waals surface area contributed by atoms with Crippen LogP contribution in [0.3, 0.4) is 0 Å². The van der Waals surface area contributed by atoms with Gasteiger partial charge in [-0.25, -0.2) is 9.59 Å². The summed E-state index contributed by atoms with van der Waals surface area (Å²) in [7, 11) is 0. The number of halogens is 3. The Labute approximate surface area is 145 Å². The van der Waals surface area contributed by atoms with Gasteiger partial charge in [-0.2, -0.15) is 18.3 Å². The van der Waals surface area contributed by atoms with E-state index < -0.39 is 60.7 Å². The topological polar surface area (TPSA) is 163 Å². The van der Waals surface area contributed by atoms with Gasteiger partial charge in [-0.05, 0) is 6.42 Å². The first-order valence-electron chi connectivity index (χ1n) is 7.35. The number of hydrogen-bond donors (Lipinski definition) is 5. The number of carboxylic acids is 1. The van der Waals surface area contributed by atoms with E-state index in [9.17, 15) is 32.7 Å². The number of nitrogens with one attached hydrogen (secondary N) is 2. The molecule has 26 heavy (non-hydrogen) atoms. The van der Waals surface area contributed by atoms with Crippen LogP contribution in [0.2, 0.25) is 0 Å². The summed E-state index contributed by atoms with van der Waals surface area (Å²) in [5, 5.41) is 27.4. The van der Waals surface area contributed by atoms with Crippen LogP contribution in [0.25, 0.3) is 0 Å². The Balaban J connectivity index is 3.01. The Kier molecular flexibility index (Phi) is 6.78. The van der Waals surface area contributed by atoms with E-state index in [2.05, 4.69) is 20.5 Å². The number of carboxylic acid groups (broad SMARTS) is 1. The molecule has 0 bridgehead atoms. The van der Waals surface area contributed by atoms with Crippen molar-refractivity contribution in [3.8, 4) is 0 Å². The minimum Gasteiger partial charge on any atom is -0.479 e. The van der Waals surface area contributed by atoms with Crippen molar-refractivity contribution in [3.63, 3.8) is 0 Å². The molecule has 1 rings (SSSR count). The van der Waals surface area contributed by atoms with E-state index in [-0.39, 0.29) is 6.42 Å². The molecule has 0 aromatic carbocycles. The van der Waals surface area contributed by atoms with Gasteiger partial charge in [-0.1, -0.05) is 0 Å². The summed E-state index contributed by atoms with van der Waals surface area (Å²) in [5.41, 5.74) is -2.18. The van der Waals surface area contributed by atoms with Crippen molar-refractivity contribution in [1.82, 2.24) is 10.6 Å². The first-order valence-corrected chi connectivity index (χ1v) is 7.35. The van der Waals surface area contributed by atoms with Gasteiger partial charge in [-0.3, -0.25) is 4.79 Å². The predicted molar refractivity (Wildman–Crippen MR) is 79.5 cm³/mol. The maximum atomic E-state index is 12.3. The number of ether oxygens (including phenoxy) is 1. The van der Waals surface area contributed by atoms with Crippen LogP contribution < -0.4 is 16.5 Å². The van der Waals surface area contributed by atoms with Gasteiger partial charge in [0, 0.05) is 25.3 Å². The molecule has 1 amide bonds. The molecule has 1 aliphatic carbocycles. The summed E-state index contributed by atoms with van der Waals surface area (Å²) in [6.45, 7) is 0.219. The Hall–Kier alpha value is -2.57. The molecule has 0 heterocycles. The quantitative estimate of drug-likeness (QED) is 0.119. The number of esters is 1. The standard InChI is InChI=1S/C13H19F3N4O6/c1-6(21)20-9(4-26-11(24)13(14,15)16)7-2-12(25,10(22)23)3-8(7)18-5-19-17/h5,7-9,25H,2-4,17H2,1H3,(H,18,19)(H,20,21)(H,22,23)/t7-,8-,9?,12+/m1/s1. The largest absolute Gasteiger partial charge is 0.490 e. The van der Waals surface area contributed by atoms with Crippen LogP contribution in [0, 0.1) is 5.92 Å². The molecule has 13 heteroatoms. The second kappa shape index (κ2) is 8.21. The zero-order chi connectivity index (χ0) is 20.1. The molecule has 4 atom stereocenters. The SMILES string of the molecule is CC(=O)NC(COC(=O)C(F)(F)F)[C@@H]1C[C@@](O)(C(=O)O)C[C@H]1N/C=N/N. The lowest BCUT2D eigenvalue weighted by Gasteiger charge is -2.28. The average Bonchev–Trinajstić information content (AvgIpc) is 2.86. The summed E-state index contributed by atoms with van der Waals surface area (Å²) in [6.07, 6.45) is -4.95. The van der Waals surface area contributed by atoms with E-state index in [1.54, 1.807) is 0 Å². The molecule has 0 saturated heterocycles. The van der Waals surface area contributed by atoms with Crippen LogP contribution in [0.5, 0.6) is 0 Å². The van der Waals surface area contributed by atoms with Gasteiger partial charge < -0.3 is 31.4 Å². The number of carbonyl (C=O) groups excluding carboxylic acids is 2. The summed E-state index contributed by atoms with van der Waals surface area (Å²) < 4.78 is 41.0. The molecule has 1 fully saturated rings. The van der Waals surface area contributed by atoms with E-state index in [1.807, 2.05) is 0 Å². The molecule has 0 spiro atoms. The third-order valence-corrected chi connectivity index (χ3v) is 3.94. The van der Waals surface area contributed by atoms with Gasteiger partial charge in [0.1, 0.15) is 12.9 Å². The van der Waals surface area contributed by atoms with Crippen molar-refractivity contribution < 1.29 is 42.5 Å². The summed E-state index contributed by atoms with van der Waals surface area (Å²) in [5.74, 6) is -0.575. The van der Waals surface area contributed by atoms with Gasteiger partial charge in [0.2, 0.25) is 5.91 Å². The first-order chi connectivity index (χ1) is 11.9.